The molecule has 0 aromatic heterocycles. The highest BCUT2D eigenvalue weighted by atomic mass is 79.9. The smallest absolute Gasteiger partial charge is 0.303 e. The van der Waals surface area contributed by atoms with E-state index in [9.17, 15) is 14.0 Å². The highest BCUT2D eigenvalue weighted by molar-refractivity contribution is 9.10. The van der Waals surface area contributed by atoms with Gasteiger partial charge in [0.15, 0.2) is 0 Å². The highest BCUT2D eigenvalue weighted by Gasteiger charge is 2.06. The van der Waals surface area contributed by atoms with E-state index in [1.807, 2.05) is 0 Å². The van der Waals surface area contributed by atoms with E-state index in [1.165, 1.54) is 12.1 Å². The van der Waals surface area contributed by atoms with Gasteiger partial charge < -0.3 is 10.4 Å². The third kappa shape index (κ3) is 4.95. The third-order valence-corrected chi connectivity index (χ3v) is 2.80. The van der Waals surface area contributed by atoms with Crippen LogP contribution in [0.5, 0.6) is 0 Å². The average Bonchev–Trinajstić information content (AvgIpc) is 2.25. The molecule has 4 nitrogen and oxygen atoms in total. The molecule has 0 aliphatic rings. The van der Waals surface area contributed by atoms with Gasteiger partial charge in [-0.3, -0.25) is 9.59 Å². The van der Waals surface area contributed by atoms with Crippen molar-refractivity contribution in [2.24, 2.45) is 0 Å². The summed E-state index contributed by atoms with van der Waals surface area (Å²) in [6, 6.07) is 4.15. The van der Waals surface area contributed by atoms with Crippen LogP contribution < -0.4 is 5.32 Å². The molecule has 0 spiro atoms. The Balaban J connectivity index is 2.44. The van der Waals surface area contributed by atoms with Gasteiger partial charge in [0.05, 0.1) is 6.42 Å². The summed E-state index contributed by atoms with van der Waals surface area (Å²) in [5, 5.41) is 11.0. The molecule has 0 unspecified atom stereocenters. The van der Waals surface area contributed by atoms with E-state index in [0.29, 0.717) is 4.47 Å². The van der Waals surface area contributed by atoms with Gasteiger partial charge in [-0.1, -0.05) is 22.0 Å². The first-order valence-electron chi connectivity index (χ1n) is 4.91. The monoisotopic (exact) mass is 303 g/mol. The molecule has 2 N–H and O–H groups in total. The molecular weight excluding hydrogens is 293 g/mol. The van der Waals surface area contributed by atoms with Crippen LogP contribution in [0.1, 0.15) is 18.4 Å². The van der Waals surface area contributed by atoms with Crippen LogP contribution in [-0.4, -0.2) is 17.0 Å². The van der Waals surface area contributed by atoms with Crippen molar-refractivity contribution in [2.45, 2.75) is 19.4 Å². The highest BCUT2D eigenvalue weighted by Crippen LogP contribution is 2.17. The predicted octanol–water partition coefficient (Wildman–Crippen LogP) is 2.07. The zero-order chi connectivity index (χ0) is 12.8. The number of amides is 1. The van der Waals surface area contributed by atoms with Gasteiger partial charge in [-0.25, -0.2) is 4.39 Å². The number of carbonyl (C=O) groups is 2. The number of carbonyl (C=O) groups excluding carboxylic acids is 1. The first-order chi connectivity index (χ1) is 7.99. The van der Waals surface area contributed by atoms with Crippen molar-refractivity contribution in [2.75, 3.05) is 0 Å². The summed E-state index contributed by atoms with van der Waals surface area (Å²) in [7, 11) is 0. The van der Waals surface area contributed by atoms with Gasteiger partial charge in [0.2, 0.25) is 5.91 Å². The molecular formula is C11H11BrFNO3. The number of halogens is 2. The maximum atomic E-state index is 12.8. The predicted molar refractivity (Wildman–Crippen MR) is 62.8 cm³/mol. The van der Waals surface area contributed by atoms with E-state index in [2.05, 4.69) is 21.2 Å². The van der Waals surface area contributed by atoms with Crippen LogP contribution in [0.25, 0.3) is 0 Å². The normalized spacial score (nSPS) is 10.0. The maximum Gasteiger partial charge on any atom is 0.303 e. The van der Waals surface area contributed by atoms with Gasteiger partial charge in [0.25, 0.3) is 0 Å². The zero-order valence-corrected chi connectivity index (χ0v) is 10.5. The Morgan fingerprint density at radius 3 is 2.65 bits per heavy atom. The number of hydrogen-bond donors (Lipinski definition) is 2. The first-order valence-corrected chi connectivity index (χ1v) is 5.71. The molecule has 0 saturated carbocycles. The molecule has 0 saturated heterocycles. The van der Waals surface area contributed by atoms with Crippen LogP contribution >= 0.6 is 15.9 Å². The molecule has 0 aliphatic carbocycles. The number of carboxylic acid groups (broad SMARTS) is 1. The minimum absolute atomic E-state index is 0.0614. The van der Waals surface area contributed by atoms with Crippen LogP contribution in [0, 0.1) is 5.82 Å². The lowest BCUT2D eigenvalue weighted by Gasteiger charge is -2.06. The Morgan fingerprint density at radius 1 is 1.35 bits per heavy atom. The third-order valence-electron chi connectivity index (χ3n) is 2.06. The molecule has 0 aliphatic heterocycles. The largest absolute Gasteiger partial charge is 0.481 e. The van der Waals surface area contributed by atoms with E-state index in [-0.39, 0.29) is 31.1 Å². The number of rotatable bonds is 5. The number of aliphatic carboxylic acids is 1. The molecule has 17 heavy (non-hydrogen) atoms. The second kappa shape index (κ2) is 6.34. The SMILES string of the molecule is O=C(O)CCC(=O)NCc1ccc(F)cc1Br. The summed E-state index contributed by atoms with van der Waals surface area (Å²) in [4.78, 5) is 21.5. The van der Waals surface area contributed by atoms with Crippen LogP contribution in [0.15, 0.2) is 22.7 Å². The Labute approximate surface area is 106 Å². The van der Waals surface area contributed by atoms with Crippen molar-refractivity contribution < 1.29 is 19.1 Å². The minimum Gasteiger partial charge on any atom is -0.481 e. The Hall–Kier alpha value is -1.43. The maximum absolute atomic E-state index is 12.8. The summed E-state index contributed by atoms with van der Waals surface area (Å²) in [6.45, 7) is 0.235. The summed E-state index contributed by atoms with van der Waals surface area (Å²) < 4.78 is 13.3. The molecule has 6 heteroatoms. The average molecular weight is 304 g/mol. The zero-order valence-electron chi connectivity index (χ0n) is 8.87. The van der Waals surface area contributed by atoms with Crippen molar-refractivity contribution in [1.82, 2.24) is 5.32 Å². The molecule has 1 aromatic carbocycles. The number of nitrogens with one attached hydrogen (secondary N) is 1. The molecule has 0 atom stereocenters. The Bertz CT molecular complexity index is 437. The lowest BCUT2D eigenvalue weighted by atomic mass is 10.2. The molecule has 1 rings (SSSR count). The standard InChI is InChI=1S/C11H11BrFNO3/c12-9-5-8(13)2-1-7(9)6-14-10(15)3-4-11(16)17/h1-2,5H,3-4,6H2,(H,14,15)(H,16,17). The van der Waals surface area contributed by atoms with Crippen molar-refractivity contribution >= 4 is 27.8 Å². The lowest BCUT2D eigenvalue weighted by molar-refractivity contribution is -0.138. The minimum atomic E-state index is -1.01. The van der Waals surface area contributed by atoms with Gasteiger partial charge in [-0.15, -0.1) is 0 Å². The van der Waals surface area contributed by atoms with E-state index < -0.39 is 5.97 Å². The molecule has 0 radical (unpaired) electrons. The van der Waals surface area contributed by atoms with Crippen molar-refractivity contribution in [1.29, 1.82) is 0 Å². The van der Waals surface area contributed by atoms with Crippen LogP contribution in [-0.2, 0) is 16.1 Å². The molecule has 0 heterocycles. The first kappa shape index (κ1) is 13.6. The van der Waals surface area contributed by atoms with E-state index in [0.717, 1.165) is 5.56 Å². The molecule has 1 aromatic rings. The van der Waals surface area contributed by atoms with Crippen molar-refractivity contribution in [3.63, 3.8) is 0 Å². The van der Waals surface area contributed by atoms with Crippen LogP contribution in [0.2, 0.25) is 0 Å². The second-order valence-corrected chi connectivity index (χ2v) is 4.26. The fourth-order valence-electron chi connectivity index (χ4n) is 1.17. The van der Waals surface area contributed by atoms with Gasteiger partial charge in [0.1, 0.15) is 5.82 Å². The molecule has 92 valence electrons. The molecule has 0 fully saturated rings. The van der Waals surface area contributed by atoms with Gasteiger partial charge in [-0.05, 0) is 17.7 Å². The van der Waals surface area contributed by atoms with Crippen LogP contribution in [0.4, 0.5) is 4.39 Å². The van der Waals surface area contributed by atoms with Crippen molar-refractivity contribution in [3.05, 3.63) is 34.1 Å². The Morgan fingerprint density at radius 2 is 2.06 bits per heavy atom. The topological polar surface area (TPSA) is 66.4 Å². The summed E-state index contributed by atoms with van der Waals surface area (Å²) in [5.74, 6) is -1.72. The fraction of sp³-hybridized carbons (Fsp3) is 0.273. The molecule has 0 bridgehead atoms. The van der Waals surface area contributed by atoms with Gasteiger partial charge in [-0.2, -0.15) is 0 Å². The summed E-state index contributed by atoms with van der Waals surface area (Å²) in [5.41, 5.74) is 0.732. The Kier molecular flexibility index (Phi) is 5.09. The van der Waals surface area contributed by atoms with E-state index in [4.69, 9.17) is 5.11 Å². The number of hydrogen-bond acceptors (Lipinski definition) is 2. The van der Waals surface area contributed by atoms with E-state index in [1.54, 1.807) is 6.07 Å². The van der Waals surface area contributed by atoms with Crippen LogP contribution in [0.3, 0.4) is 0 Å². The second-order valence-electron chi connectivity index (χ2n) is 3.41. The van der Waals surface area contributed by atoms with E-state index >= 15 is 0 Å². The number of carboxylic acids is 1. The van der Waals surface area contributed by atoms with Gasteiger partial charge >= 0.3 is 5.97 Å². The summed E-state index contributed by atoms with van der Waals surface area (Å²) in [6.07, 6.45) is -0.259. The van der Waals surface area contributed by atoms with Gasteiger partial charge in [0, 0.05) is 17.4 Å². The molecule has 1 amide bonds. The number of benzene rings is 1. The fourth-order valence-corrected chi connectivity index (χ4v) is 1.66. The summed E-state index contributed by atoms with van der Waals surface area (Å²) >= 11 is 3.17. The van der Waals surface area contributed by atoms with Crippen molar-refractivity contribution in [3.8, 4) is 0 Å². The lowest BCUT2D eigenvalue weighted by Crippen LogP contribution is -2.23. The quantitative estimate of drug-likeness (QED) is 0.875.